The lowest BCUT2D eigenvalue weighted by atomic mass is 10.2. The van der Waals surface area contributed by atoms with Gasteiger partial charge in [0.25, 0.3) is 0 Å². The summed E-state index contributed by atoms with van der Waals surface area (Å²) in [6.07, 6.45) is 3.17. The van der Waals surface area contributed by atoms with Gasteiger partial charge in [0.1, 0.15) is 5.75 Å². The Kier molecular flexibility index (Phi) is 10.9. The Morgan fingerprint density at radius 3 is 2.15 bits per heavy atom. The molecule has 0 bridgehead atoms. The largest absolute Gasteiger partial charge is 0.494 e. The van der Waals surface area contributed by atoms with E-state index >= 15 is 0 Å². The van der Waals surface area contributed by atoms with Crippen LogP contribution in [0.3, 0.4) is 0 Å². The predicted molar refractivity (Wildman–Crippen MR) is 118 cm³/mol. The van der Waals surface area contributed by atoms with Crippen LogP contribution in [0.15, 0.2) is 59.5 Å². The van der Waals surface area contributed by atoms with E-state index < -0.39 is 0 Å². The number of ether oxygens (including phenoxy) is 1. The Hall–Kier alpha value is -1.07. The summed E-state index contributed by atoms with van der Waals surface area (Å²) >= 11 is 1.76. The van der Waals surface area contributed by atoms with E-state index in [1.165, 1.54) is 10.6 Å². The standard InChI is InChI=1S/C20H26N2OS.2ClH/c1-24-20-10-8-19(9-11-20)23-17-5-12-21-13-15-22(16-14-21)18-6-3-2-4-7-18;;/h2-4,6-11H,5,12-17H2,1H3;2*1H. The van der Waals surface area contributed by atoms with Gasteiger partial charge in [0.15, 0.2) is 0 Å². The van der Waals surface area contributed by atoms with Crippen molar-refractivity contribution < 1.29 is 4.74 Å². The molecule has 1 aliphatic heterocycles. The number of anilines is 1. The monoisotopic (exact) mass is 414 g/mol. The van der Waals surface area contributed by atoms with Crippen LogP contribution in [0.5, 0.6) is 5.75 Å². The summed E-state index contributed by atoms with van der Waals surface area (Å²) < 4.78 is 5.84. The summed E-state index contributed by atoms with van der Waals surface area (Å²) in [4.78, 5) is 6.29. The van der Waals surface area contributed by atoms with Gasteiger partial charge in [-0.25, -0.2) is 0 Å². The average molecular weight is 415 g/mol. The lowest BCUT2D eigenvalue weighted by Gasteiger charge is -2.36. The van der Waals surface area contributed by atoms with E-state index in [0.717, 1.165) is 51.5 Å². The fourth-order valence-electron chi connectivity index (χ4n) is 3.02. The number of hydrogen-bond acceptors (Lipinski definition) is 4. The lowest BCUT2D eigenvalue weighted by molar-refractivity contribution is 0.224. The highest BCUT2D eigenvalue weighted by Gasteiger charge is 2.16. The van der Waals surface area contributed by atoms with Crippen molar-refractivity contribution in [1.29, 1.82) is 0 Å². The highest BCUT2D eigenvalue weighted by molar-refractivity contribution is 7.98. The average Bonchev–Trinajstić information content (AvgIpc) is 2.67. The Morgan fingerprint density at radius 2 is 1.54 bits per heavy atom. The van der Waals surface area contributed by atoms with Crippen LogP contribution in [0, 0.1) is 0 Å². The number of benzene rings is 2. The summed E-state index contributed by atoms with van der Waals surface area (Å²) in [7, 11) is 0. The minimum absolute atomic E-state index is 0. The van der Waals surface area contributed by atoms with Crippen LogP contribution in [-0.2, 0) is 0 Å². The lowest BCUT2D eigenvalue weighted by Crippen LogP contribution is -2.46. The van der Waals surface area contributed by atoms with E-state index in [9.17, 15) is 0 Å². The van der Waals surface area contributed by atoms with Gasteiger partial charge in [-0.1, -0.05) is 18.2 Å². The molecule has 3 rings (SSSR count). The summed E-state index contributed by atoms with van der Waals surface area (Å²) in [5, 5.41) is 0. The van der Waals surface area contributed by atoms with Gasteiger partial charge in [0.2, 0.25) is 0 Å². The Labute approximate surface area is 173 Å². The van der Waals surface area contributed by atoms with E-state index in [-0.39, 0.29) is 24.8 Å². The van der Waals surface area contributed by atoms with E-state index in [1.807, 2.05) is 0 Å². The molecule has 2 aromatic rings. The summed E-state index contributed by atoms with van der Waals surface area (Å²) in [6, 6.07) is 19.1. The van der Waals surface area contributed by atoms with E-state index in [0.29, 0.717) is 0 Å². The molecule has 0 atom stereocenters. The molecule has 1 saturated heterocycles. The van der Waals surface area contributed by atoms with Crippen molar-refractivity contribution in [3.63, 3.8) is 0 Å². The molecule has 2 aromatic carbocycles. The molecule has 1 fully saturated rings. The molecule has 0 spiro atoms. The van der Waals surface area contributed by atoms with Gasteiger partial charge in [0, 0.05) is 43.3 Å². The second-order valence-corrected chi connectivity index (χ2v) is 6.92. The van der Waals surface area contributed by atoms with Crippen LogP contribution < -0.4 is 9.64 Å². The number of rotatable bonds is 7. The van der Waals surface area contributed by atoms with Gasteiger partial charge in [-0.15, -0.1) is 36.6 Å². The van der Waals surface area contributed by atoms with Crippen molar-refractivity contribution >= 4 is 42.3 Å². The molecule has 3 nitrogen and oxygen atoms in total. The molecular formula is C20H28Cl2N2OS. The van der Waals surface area contributed by atoms with Crippen LogP contribution in [-0.4, -0.2) is 50.5 Å². The third kappa shape index (κ3) is 6.92. The van der Waals surface area contributed by atoms with E-state index in [1.54, 1.807) is 11.8 Å². The van der Waals surface area contributed by atoms with Gasteiger partial charge in [0.05, 0.1) is 6.61 Å². The Bertz CT molecular complexity index is 605. The fraction of sp³-hybridized carbons (Fsp3) is 0.400. The molecule has 0 N–H and O–H groups in total. The molecule has 1 aliphatic rings. The normalized spacial score (nSPS) is 14.3. The first-order chi connectivity index (χ1) is 11.8. The first kappa shape index (κ1) is 23.0. The van der Waals surface area contributed by atoms with Crippen molar-refractivity contribution in [2.45, 2.75) is 11.3 Å². The SMILES string of the molecule is CSc1ccc(OCCCN2CCN(c3ccccc3)CC2)cc1.Cl.Cl. The summed E-state index contributed by atoms with van der Waals surface area (Å²) in [5.74, 6) is 0.974. The number of para-hydroxylation sites is 1. The first-order valence-corrected chi connectivity index (χ1v) is 9.87. The predicted octanol–water partition coefficient (Wildman–Crippen LogP) is 4.84. The number of hydrogen-bond donors (Lipinski definition) is 0. The highest BCUT2D eigenvalue weighted by atomic mass is 35.5. The van der Waals surface area contributed by atoms with Gasteiger partial charge in [-0.2, -0.15) is 0 Å². The van der Waals surface area contributed by atoms with Gasteiger partial charge in [-0.05, 0) is 49.1 Å². The minimum atomic E-state index is 0. The third-order valence-electron chi connectivity index (χ3n) is 4.44. The quantitative estimate of drug-likeness (QED) is 0.475. The maximum absolute atomic E-state index is 5.84. The molecule has 6 heteroatoms. The maximum atomic E-state index is 5.84. The molecule has 0 unspecified atom stereocenters. The molecule has 144 valence electrons. The Morgan fingerprint density at radius 1 is 0.885 bits per heavy atom. The molecule has 0 aromatic heterocycles. The van der Waals surface area contributed by atoms with Crippen LogP contribution in [0.25, 0.3) is 0 Å². The van der Waals surface area contributed by atoms with Crippen molar-refractivity contribution in [3.8, 4) is 5.75 Å². The van der Waals surface area contributed by atoms with Gasteiger partial charge < -0.3 is 9.64 Å². The van der Waals surface area contributed by atoms with Crippen LogP contribution in [0.2, 0.25) is 0 Å². The Balaban J connectivity index is 0.00000169. The molecular weight excluding hydrogens is 387 g/mol. The smallest absolute Gasteiger partial charge is 0.119 e. The molecule has 26 heavy (non-hydrogen) atoms. The van der Waals surface area contributed by atoms with Gasteiger partial charge in [-0.3, -0.25) is 4.90 Å². The molecule has 0 aliphatic carbocycles. The van der Waals surface area contributed by atoms with Crippen LogP contribution in [0.4, 0.5) is 5.69 Å². The number of nitrogens with zero attached hydrogens (tertiary/aromatic N) is 2. The van der Waals surface area contributed by atoms with Gasteiger partial charge >= 0.3 is 0 Å². The second kappa shape index (κ2) is 12.3. The van der Waals surface area contributed by atoms with Crippen molar-refractivity contribution in [2.24, 2.45) is 0 Å². The topological polar surface area (TPSA) is 15.7 Å². The number of halogens is 2. The molecule has 0 amide bonds. The third-order valence-corrected chi connectivity index (χ3v) is 5.18. The molecule has 0 saturated carbocycles. The van der Waals surface area contributed by atoms with E-state index in [4.69, 9.17) is 4.74 Å². The summed E-state index contributed by atoms with van der Waals surface area (Å²) in [6.45, 7) is 6.40. The molecule has 0 radical (unpaired) electrons. The maximum Gasteiger partial charge on any atom is 0.119 e. The fourth-order valence-corrected chi connectivity index (χ4v) is 3.43. The van der Waals surface area contributed by atoms with Crippen molar-refractivity contribution in [3.05, 3.63) is 54.6 Å². The zero-order valence-corrected chi connectivity index (χ0v) is 17.6. The highest BCUT2D eigenvalue weighted by Crippen LogP contribution is 2.19. The van der Waals surface area contributed by atoms with E-state index in [2.05, 4.69) is 70.7 Å². The number of piperazine rings is 1. The minimum Gasteiger partial charge on any atom is -0.494 e. The number of thioether (sulfide) groups is 1. The van der Waals surface area contributed by atoms with Crippen LogP contribution in [0.1, 0.15) is 6.42 Å². The molecule has 1 heterocycles. The van der Waals surface area contributed by atoms with Crippen molar-refractivity contribution in [2.75, 3.05) is 50.5 Å². The summed E-state index contributed by atoms with van der Waals surface area (Å²) in [5.41, 5.74) is 1.34. The zero-order chi connectivity index (χ0) is 16.6. The zero-order valence-electron chi connectivity index (χ0n) is 15.2. The van der Waals surface area contributed by atoms with Crippen molar-refractivity contribution in [1.82, 2.24) is 4.90 Å². The second-order valence-electron chi connectivity index (χ2n) is 6.04. The first-order valence-electron chi connectivity index (χ1n) is 8.64. The van der Waals surface area contributed by atoms with Crippen LogP contribution >= 0.6 is 36.6 Å².